The molecule has 4 nitrogen and oxygen atoms in total. The first-order chi connectivity index (χ1) is 14.7. The third kappa shape index (κ3) is 4.31. The first kappa shape index (κ1) is 21.4. The van der Waals surface area contributed by atoms with E-state index in [1.165, 1.54) is 6.92 Å². The first-order valence-corrected chi connectivity index (χ1v) is 11.0. The molecule has 4 rings (SSSR count). The molecule has 1 saturated heterocycles. The van der Waals surface area contributed by atoms with Crippen molar-refractivity contribution in [2.24, 2.45) is 0 Å². The summed E-state index contributed by atoms with van der Waals surface area (Å²) in [4.78, 5) is 0. The van der Waals surface area contributed by atoms with Crippen LogP contribution in [0.25, 0.3) is 10.8 Å². The van der Waals surface area contributed by atoms with Crippen molar-refractivity contribution < 1.29 is 30.5 Å². The summed E-state index contributed by atoms with van der Waals surface area (Å²) in [5.41, 5.74) is -3.60. The van der Waals surface area contributed by atoms with Gasteiger partial charge in [0.2, 0.25) is 0 Å². The van der Waals surface area contributed by atoms with Gasteiger partial charge in [0.15, 0.2) is 0 Å². The van der Waals surface area contributed by atoms with Crippen LogP contribution in [-0.2, 0) is 19.0 Å². The SMILES string of the molecule is C/C(OS(=O)(=O)C(F)(F)F)=C1\CC(c2ccccc2)OC1c1ccc2ccccc2c1. The lowest BCUT2D eigenvalue weighted by atomic mass is 9.96. The van der Waals surface area contributed by atoms with Crippen LogP contribution in [-0.4, -0.2) is 13.9 Å². The van der Waals surface area contributed by atoms with Gasteiger partial charge in [0.1, 0.15) is 11.9 Å². The van der Waals surface area contributed by atoms with Gasteiger partial charge in [0.25, 0.3) is 0 Å². The Bertz CT molecular complexity index is 1230. The number of benzene rings is 3. The lowest BCUT2D eigenvalue weighted by molar-refractivity contribution is -0.0522. The fourth-order valence-corrected chi connectivity index (χ4v) is 4.24. The molecular formula is C23H19F3O4S. The van der Waals surface area contributed by atoms with Crippen LogP contribution in [0.3, 0.4) is 0 Å². The van der Waals surface area contributed by atoms with E-state index in [1.54, 1.807) is 0 Å². The second-order valence-corrected chi connectivity index (χ2v) is 8.83. The molecule has 0 spiro atoms. The average Bonchev–Trinajstić information content (AvgIpc) is 3.19. The molecule has 0 saturated carbocycles. The van der Waals surface area contributed by atoms with E-state index in [0.29, 0.717) is 11.1 Å². The number of ether oxygens (including phenoxy) is 1. The molecule has 3 aromatic rings. The summed E-state index contributed by atoms with van der Waals surface area (Å²) < 4.78 is 72.3. The van der Waals surface area contributed by atoms with E-state index in [2.05, 4.69) is 4.18 Å². The summed E-state index contributed by atoms with van der Waals surface area (Å²) in [6.07, 6.45) is -0.973. The van der Waals surface area contributed by atoms with Gasteiger partial charge < -0.3 is 8.92 Å². The molecule has 2 unspecified atom stereocenters. The number of rotatable bonds is 4. The van der Waals surface area contributed by atoms with Gasteiger partial charge in [0, 0.05) is 12.0 Å². The largest absolute Gasteiger partial charge is 0.534 e. The molecule has 8 heteroatoms. The Kier molecular flexibility index (Phi) is 5.53. The highest BCUT2D eigenvalue weighted by molar-refractivity contribution is 7.87. The lowest BCUT2D eigenvalue weighted by Crippen LogP contribution is -2.25. The summed E-state index contributed by atoms with van der Waals surface area (Å²) in [5.74, 6) is -0.325. The Morgan fingerprint density at radius 3 is 2.26 bits per heavy atom. The van der Waals surface area contributed by atoms with E-state index in [0.717, 1.165) is 16.3 Å². The van der Waals surface area contributed by atoms with Crippen molar-refractivity contribution in [1.82, 2.24) is 0 Å². The number of hydrogen-bond acceptors (Lipinski definition) is 4. The molecule has 31 heavy (non-hydrogen) atoms. The molecule has 1 heterocycles. The Balaban J connectivity index is 1.77. The molecule has 0 radical (unpaired) electrons. The van der Waals surface area contributed by atoms with Crippen molar-refractivity contribution in [2.75, 3.05) is 0 Å². The maximum Gasteiger partial charge on any atom is 0.534 e. The predicted octanol–water partition coefficient (Wildman–Crippen LogP) is 6.18. The predicted molar refractivity (Wildman–Crippen MR) is 110 cm³/mol. The maximum absolute atomic E-state index is 12.9. The van der Waals surface area contributed by atoms with Crippen LogP contribution < -0.4 is 0 Å². The van der Waals surface area contributed by atoms with Crippen molar-refractivity contribution in [2.45, 2.75) is 31.1 Å². The third-order valence-electron chi connectivity index (χ3n) is 5.24. The van der Waals surface area contributed by atoms with E-state index in [1.807, 2.05) is 72.8 Å². The summed E-state index contributed by atoms with van der Waals surface area (Å²) >= 11 is 0. The standard InChI is InChI=1S/C23H19F3O4S/c1-15(30-31(27,28)23(24,25)26)20-14-21(17-8-3-2-4-9-17)29-22(20)19-12-11-16-7-5-6-10-18(16)13-19/h2-13,21-22H,14H2,1H3/b20-15-. The van der Waals surface area contributed by atoms with E-state index in [4.69, 9.17) is 4.74 Å². The smallest absolute Gasteiger partial charge is 0.381 e. The minimum Gasteiger partial charge on any atom is -0.381 e. The number of fused-ring (bicyclic) bond motifs is 1. The Morgan fingerprint density at radius 1 is 0.935 bits per heavy atom. The fourth-order valence-electron chi connectivity index (χ4n) is 3.71. The average molecular weight is 448 g/mol. The van der Waals surface area contributed by atoms with Gasteiger partial charge in [-0.1, -0.05) is 66.7 Å². The molecule has 0 amide bonds. The van der Waals surface area contributed by atoms with Crippen LogP contribution in [0.15, 0.2) is 84.1 Å². The minimum absolute atomic E-state index is 0.209. The molecule has 1 aliphatic rings. The highest BCUT2D eigenvalue weighted by Crippen LogP contribution is 2.47. The van der Waals surface area contributed by atoms with Gasteiger partial charge in [-0.25, -0.2) is 0 Å². The van der Waals surface area contributed by atoms with Crippen LogP contribution >= 0.6 is 0 Å². The monoisotopic (exact) mass is 448 g/mol. The summed E-state index contributed by atoms with van der Waals surface area (Å²) in [7, 11) is -5.77. The van der Waals surface area contributed by atoms with Crippen LogP contribution in [0.2, 0.25) is 0 Å². The van der Waals surface area contributed by atoms with E-state index in [9.17, 15) is 21.6 Å². The molecule has 1 fully saturated rings. The Labute approximate surface area is 178 Å². The normalized spacial score (nSPS) is 21.3. The zero-order chi connectivity index (χ0) is 22.2. The van der Waals surface area contributed by atoms with Crippen molar-refractivity contribution in [3.05, 3.63) is 95.3 Å². The quantitative estimate of drug-likeness (QED) is 0.272. The molecule has 0 N–H and O–H groups in total. The van der Waals surface area contributed by atoms with Crippen molar-refractivity contribution in [3.8, 4) is 0 Å². The van der Waals surface area contributed by atoms with Gasteiger partial charge in [-0.2, -0.15) is 21.6 Å². The van der Waals surface area contributed by atoms with Gasteiger partial charge in [-0.15, -0.1) is 0 Å². The first-order valence-electron chi connectivity index (χ1n) is 9.55. The van der Waals surface area contributed by atoms with Crippen LogP contribution in [0.5, 0.6) is 0 Å². The number of allylic oxidation sites excluding steroid dienone is 1. The van der Waals surface area contributed by atoms with Gasteiger partial charge in [-0.05, 0) is 34.9 Å². The van der Waals surface area contributed by atoms with Crippen molar-refractivity contribution >= 4 is 20.9 Å². The van der Waals surface area contributed by atoms with E-state index in [-0.39, 0.29) is 12.2 Å². The second-order valence-electron chi connectivity index (χ2n) is 7.29. The zero-order valence-corrected chi connectivity index (χ0v) is 17.3. The van der Waals surface area contributed by atoms with E-state index >= 15 is 0 Å². The van der Waals surface area contributed by atoms with Crippen molar-refractivity contribution in [3.63, 3.8) is 0 Å². The number of halogens is 3. The van der Waals surface area contributed by atoms with Crippen molar-refractivity contribution in [1.29, 1.82) is 0 Å². The molecule has 3 aromatic carbocycles. The Hall–Kier alpha value is -2.84. The highest BCUT2D eigenvalue weighted by atomic mass is 32.2. The molecule has 0 bridgehead atoms. The fraction of sp³-hybridized carbons (Fsp3) is 0.217. The molecule has 0 aliphatic carbocycles. The van der Waals surface area contributed by atoms with E-state index < -0.39 is 27.8 Å². The zero-order valence-electron chi connectivity index (χ0n) is 16.5. The summed E-state index contributed by atoms with van der Waals surface area (Å²) in [6, 6.07) is 22.5. The molecule has 1 aliphatic heterocycles. The molecule has 0 aromatic heterocycles. The van der Waals surface area contributed by atoms with Crippen LogP contribution in [0, 0.1) is 0 Å². The number of alkyl halides is 3. The van der Waals surface area contributed by atoms with Gasteiger partial charge >= 0.3 is 15.6 Å². The summed E-state index contributed by atoms with van der Waals surface area (Å²) in [6.45, 7) is 1.23. The summed E-state index contributed by atoms with van der Waals surface area (Å²) in [5, 5.41) is 1.94. The molecule has 162 valence electrons. The number of hydrogen-bond donors (Lipinski definition) is 0. The lowest BCUT2D eigenvalue weighted by Gasteiger charge is -2.17. The minimum atomic E-state index is -5.77. The molecule has 2 atom stereocenters. The third-order valence-corrected chi connectivity index (χ3v) is 6.28. The highest BCUT2D eigenvalue weighted by Gasteiger charge is 2.49. The van der Waals surface area contributed by atoms with Crippen LogP contribution in [0.4, 0.5) is 13.2 Å². The topological polar surface area (TPSA) is 52.6 Å². The maximum atomic E-state index is 12.9. The second kappa shape index (κ2) is 8.01. The van der Waals surface area contributed by atoms with Gasteiger partial charge in [-0.3, -0.25) is 0 Å². The molecular weight excluding hydrogens is 429 g/mol. The van der Waals surface area contributed by atoms with Gasteiger partial charge in [0.05, 0.1) is 6.10 Å². The Morgan fingerprint density at radius 2 is 1.58 bits per heavy atom. The van der Waals surface area contributed by atoms with Crippen LogP contribution in [0.1, 0.15) is 36.7 Å².